The molecule has 0 radical (unpaired) electrons. The number of amides is 2. The SMILES string of the molecule is NS(=O)(=O)c1ccc(N2C(=O)C(Sc3ccccc3)=C(c3cccs3)C2=O)cc1. The Labute approximate surface area is 175 Å². The van der Waals surface area contributed by atoms with Crippen molar-refractivity contribution in [2.45, 2.75) is 9.79 Å². The number of carbonyl (C=O) groups is 2. The van der Waals surface area contributed by atoms with E-state index in [9.17, 15) is 18.0 Å². The van der Waals surface area contributed by atoms with Gasteiger partial charge in [-0.15, -0.1) is 11.3 Å². The second-order valence-corrected chi connectivity index (χ2v) is 9.67. The summed E-state index contributed by atoms with van der Waals surface area (Å²) in [4.78, 5) is 29.2. The van der Waals surface area contributed by atoms with Gasteiger partial charge in [0.05, 0.1) is 21.1 Å². The number of rotatable bonds is 5. The lowest BCUT2D eigenvalue weighted by Gasteiger charge is -2.15. The molecule has 2 heterocycles. The fraction of sp³-hybridized carbons (Fsp3) is 0. The van der Waals surface area contributed by atoms with Gasteiger partial charge in [-0.1, -0.05) is 36.0 Å². The van der Waals surface area contributed by atoms with Crippen molar-refractivity contribution < 1.29 is 18.0 Å². The van der Waals surface area contributed by atoms with E-state index < -0.39 is 21.8 Å². The molecule has 0 spiro atoms. The van der Waals surface area contributed by atoms with Crippen molar-refractivity contribution in [2.24, 2.45) is 5.14 Å². The average molecular weight is 443 g/mol. The number of carbonyl (C=O) groups excluding carboxylic acids is 2. The molecule has 2 aromatic carbocycles. The summed E-state index contributed by atoms with van der Waals surface area (Å²) in [5, 5.41) is 6.97. The van der Waals surface area contributed by atoms with Gasteiger partial charge in [-0.2, -0.15) is 0 Å². The van der Waals surface area contributed by atoms with Gasteiger partial charge in [-0.05, 0) is 47.8 Å². The zero-order chi connectivity index (χ0) is 20.6. The molecule has 146 valence electrons. The van der Waals surface area contributed by atoms with Crippen molar-refractivity contribution in [2.75, 3.05) is 4.90 Å². The number of anilines is 1. The highest BCUT2D eigenvalue weighted by Gasteiger charge is 2.40. The normalized spacial score (nSPS) is 14.7. The zero-order valence-electron chi connectivity index (χ0n) is 14.8. The van der Waals surface area contributed by atoms with Crippen molar-refractivity contribution in [3.8, 4) is 0 Å². The van der Waals surface area contributed by atoms with Crippen LogP contribution in [0.2, 0.25) is 0 Å². The van der Waals surface area contributed by atoms with Gasteiger partial charge in [-0.25, -0.2) is 18.5 Å². The van der Waals surface area contributed by atoms with Gasteiger partial charge in [0.2, 0.25) is 10.0 Å². The van der Waals surface area contributed by atoms with E-state index in [1.165, 1.54) is 47.4 Å². The van der Waals surface area contributed by atoms with Crippen molar-refractivity contribution in [3.63, 3.8) is 0 Å². The molecule has 1 aliphatic rings. The van der Waals surface area contributed by atoms with E-state index in [-0.39, 0.29) is 10.6 Å². The van der Waals surface area contributed by atoms with Gasteiger partial charge >= 0.3 is 0 Å². The monoisotopic (exact) mass is 442 g/mol. The third-order valence-corrected chi connectivity index (χ3v) is 7.10. The summed E-state index contributed by atoms with van der Waals surface area (Å²) in [6.45, 7) is 0. The molecule has 1 aromatic heterocycles. The number of benzene rings is 2. The van der Waals surface area contributed by atoms with Crippen LogP contribution in [-0.2, 0) is 19.6 Å². The van der Waals surface area contributed by atoms with Crippen LogP contribution in [0.15, 0.2) is 86.8 Å². The van der Waals surface area contributed by atoms with Crippen LogP contribution >= 0.6 is 23.1 Å². The van der Waals surface area contributed by atoms with Crippen LogP contribution in [0.3, 0.4) is 0 Å². The van der Waals surface area contributed by atoms with E-state index in [0.29, 0.717) is 15.4 Å². The Morgan fingerprint density at radius 1 is 0.862 bits per heavy atom. The molecule has 4 rings (SSSR count). The van der Waals surface area contributed by atoms with Crippen LogP contribution in [-0.4, -0.2) is 20.2 Å². The molecule has 0 fully saturated rings. The summed E-state index contributed by atoms with van der Waals surface area (Å²) in [6.07, 6.45) is 0. The highest BCUT2D eigenvalue weighted by molar-refractivity contribution is 8.04. The van der Waals surface area contributed by atoms with E-state index in [1.807, 2.05) is 41.8 Å². The molecule has 3 aromatic rings. The Morgan fingerprint density at radius 3 is 2.14 bits per heavy atom. The second kappa shape index (κ2) is 7.60. The Hall–Kier alpha value is -2.72. The number of primary sulfonamides is 1. The Bertz CT molecular complexity index is 1220. The molecular weight excluding hydrogens is 428 g/mol. The Balaban J connectivity index is 1.76. The molecule has 0 saturated heterocycles. The standard InChI is InChI=1S/C20H14N2O4S3/c21-29(25,26)15-10-8-13(9-11-15)22-19(23)17(16-7-4-12-27-16)18(20(22)24)28-14-5-2-1-3-6-14/h1-12H,(H2,21,25,26). The number of imide groups is 1. The van der Waals surface area contributed by atoms with Crippen molar-refractivity contribution in [3.05, 3.63) is 81.9 Å². The zero-order valence-corrected chi connectivity index (χ0v) is 17.3. The molecular formula is C20H14N2O4S3. The molecule has 0 atom stereocenters. The quantitative estimate of drug-likeness (QED) is 0.610. The molecule has 0 bridgehead atoms. The lowest BCUT2D eigenvalue weighted by atomic mass is 10.2. The maximum atomic E-state index is 13.2. The topological polar surface area (TPSA) is 97.5 Å². The van der Waals surface area contributed by atoms with E-state index in [4.69, 9.17) is 5.14 Å². The smallest absolute Gasteiger partial charge is 0.268 e. The number of thiophene rings is 1. The fourth-order valence-corrected chi connectivity index (χ4v) is 5.22. The number of thioether (sulfide) groups is 1. The first-order chi connectivity index (χ1) is 13.9. The van der Waals surface area contributed by atoms with Gasteiger partial charge in [0, 0.05) is 9.77 Å². The van der Waals surface area contributed by atoms with E-state index >= 15 is 0 Å². The molecule has 0 unspecified atom stereocenters. The van der Waals surface area contributed by atoms with Crippen LogP contribution in [0, 0.1) is 0 Å². The number of hydrogen-bond donors (Lipinski definition) is 1. The van der Waals surface area contributed by atoms with E-state index in [0.717, 1.165) is 9.80 Å². The predicted molar refractivity (Wildman–Crippen MR) is 114 cm³/mol. The molecule has 1 aliphatic heterocycles. The third-order valence-electron chi connectivity index (χ3n) is 4.20. The van der Waals surface area contributed by atoms with Gasteiger partial charge in [-0.3, -0.25) is 9.59 Å². The number of nitrogens with zero attached hydrogens (tertiary/aromatic N) is 1. The molecule has 6 nitrogen and oxygen atoms in total. The van der Waals surface area contributed by atoms with Crippen molar-refractivity contribution in [1.82, 2.24) is 0 Å². The minimum absolute atomic E-state index is 0.0920. The van der Waals surface area contributed by atoms with Crippen molar-refractivity contribution in [1.29, 1.82) is 0 Å². The molecule has 0 aliphatic carbocycles. The highest BCUT2D eigenvalue weighted by atomic mass is 32.2. The lowest BCUT2D eigenvalue weighted by Crippen LogP contribution is -2.31. The van der Waals surface area contributed by atoms with Crippen LogP contribution < -0.4 is 10.0 Å². The summed E-state index contributed by atoms with van der Waals surface area (Å²) >= 11 is 2.61. The first-order valence-electron chi connectivity index (χ1n) is 8.39. The fourth-order valence-electron chi connectivity index (χ4n) is 2.87. The van der Waals surface area contributed by atoms with Crippen LogP contribution in [0.1, 0.15) is 4.88 Å². The van der Waals surface area contributed by atoms with Gasteiger partial charge < -0.3 is 0 Å². The van der Waals surface area contributed by atoms with Gasteiger partial charge in [0.15, 0.2) is 0 Å². The average Bonchev–Trinajstić information content (AvgIpc) is 3.29. The first kappa shape index (κ1) is 19.6. The second-order valence-electron chi connectivity index (χ2n) is 6.08. The minimum atomic E-state index is -3.87. The molecule has 2 amide bonds. The van der Waals surface area contributed by atoms with Crippen LogP contribution in [0.25, 0.3) is 5.57 Å². The summed E-state index contributed by atoms with van der Waals surface area (Å²) in [7, 11) is -3.87. The van der Waals surface area contributed by atoms with E-state index in [2.05, 4.69) is 0 Å². The summed E-state index contributed by atoms with van der Waals surface area (Å²) in [5.74, 6) is -0.894. The summed E-state index contributed by atoms with van der Waals surface area (Å²) < 4.78 is 23.0. The van der Waals surface area contributed by atoms with Gasteiger partial charge in [0.25, 0.3) is 11.8 Å². The molecule has 0 saturated carbocycles. The van der Waals surface area contributed by atoms with Crippen LogP contribution in [0.4, 0.5) is 5.69 Å². The predicted octanol–water partition coefficient (Wildman–Crippen LogP) is 3.47. The lowest BCUT2D eigenvalue weighted by molar-refractivity contribution is -0.119. The number of hydrogen-bond acceptors (Lipinski definition) is 6. The molecule has 29 heavy (non-hydrogen) atoms. The Morgan fingerprint density at radius 2 is 1.55 bits per heavy atom. The number of nitrogens with two attached hydrogens (primary N) is 1. The first-order valence-corrected chi connectivity index (χ1v) is 11.6. The molecule has 9 heteroatoms. The maximum absolute atomic E-state index is 13.2. The largest absolute Gasteiger partial charge is 0.272 e. The highest BCUT2D eigenvalue weighted by Crippen LogP contribution is 2.42. The minimum Gasteiger partial charge on any atom is -0.268 e. The van der Waals surface area contributed by atoms with Crippen LogP contribution in [0.5, 0.6) is 0 Å². The Kier molecular flexibility index (Phi) is 5.13. The summed E-state index contributed by atoms with van der Waals surface area (Å²) in [5.41, 5.74) is 0.625. The maximum Gasteiger partial charge on any atom is 0.272 e. The number of sulfonamides is 1. The van der Waals surface area contributed by atoms with E-state index in [1.54, 1.807) is 6.07 Å². The van der Waals surface area contributed by atoms with Gasteiger partial charge in [0.1, 0.15) is 0 Å². The molecule has 2 N–H and O–H groups in total. The van der Waals surface area contributed by atoms with Crippen molar-refractivity contribution >= 4 is 56.2 Å². The third kappa shape index (κ3) is 3.77. The summed E-state index contributed by atoms with van der Waals surface area (Å²) in [6, 6.07) is 18.3.